The second-order valence-electron chi connectivity index (χ2n) is 6.82. The first-order valence-corrected chi connectivity index (χ1v) is 11.2. The molecule has 1 amide bonds. The molecule has 2 aromatic carbocycles. The topological polar surface area (TPSA) is 124 Å². The van der Waals surface area contributed by atoms with Crippen molar-refractivity contribution in [1.82, 2.24) is 5.43 Å². The molecule has 2 rings (SSSR count). The summed E-state index contributed by atoms with van der Waals surface area (Å²) in [7, 11) is -1.12. The van der Waals surface area contributed by atoms with Gasteiger partial charge in [-0.15, -0.1) is 0 Å². The van der Waals surface area contributed by atoms with Gasteiger partial charge >= 0.3 is 6.16 Å². The molecule has 0 aromatic heterocycles. The van der Waals surface area contributed by atoms with Crippen molar-refractivity contribution in [3.8, 4) is 11.5 Å². The van der Waals surface area contributed by atoms with Crippen LogP contribution in [0.4, 0.5) is 10.5 Å². The van der Waals surface area contributed by atoms with E-state index in [1.807, 2.05) is 13.0 Å². The molecule has 0 aliphatic carbocycles. The fraction of sp³-hybridized carbons (Fsp3) is 0.286. The summed E-state index contributed by atoms with van der Waals surface area (Å²) in [5.41, 5.74) is 4.97. The van der Waals surface area contributed by atoms with E-state index in [4.69, 9.17) is 9.47 Å². The Hall–Kier alpha value is -3.60. The second kappa shape index (κ2) is 10.6. The molecule has 0 bridgehead atoms. The number of carbonyl (C=O) groups excluding carboxylic acids is 2. The van der Waals surface area contributed by atoms with Gasteiger partial charge in [0.05, 0.1) is 32.4 Å². The van der Waals surface area contributed by atoms with Gasteiger partial charge in [-0.3, -0.25) is 9.10 Å². The molecule has 0 atom stereocenters. The lowest BCUT2D eigenvalue weighted by molar-refractivity contribution is -0.119. The summed E-state index contributed by atoms with van der Waals surface area (Å²) in [5, 5.41) is 3.86. The molecule has 0 aliphatic heterocycles. The van der Waals surface area contributed by atoms with Crippen LogP contribution in [-0.2, 0) is 19.6 Å². The maximum Gasteiger partial charge on any atom is 0.513 e. The van der Waals surface area contributed by atoms with Gasteiger partial charge in [0, 0.05) is 0 Å². The molecule has 0 radical (unpaired) electrons. The van der Waals surface area contributed by atoms with Crippen LogP contribution in [-0.4, -0.2) is 53.7 Å². The van der Waals surface area contributed by atoms with Crippen molar-refractivity contribution in [2.75, 3.05) is 31.3 Å². The Kier molecular flexibility index (Phi) is 8.19. The van der Waals surface area contributed by atoms with Crippen molar-refractivity contribution in [1.29, 1.82) is 0 Å². The molecular weight excluding hydrogens is 438 g/mol. The van der Waals surface area contributed by atoms with Crippen molar-refractivity contribution in [3.63, 3.8) is 0 Å². The van der Waals surface area contributed by atoms with E-state index in [2.05, 4.69) is 15.3 Å². The highest BCUT2D eigenvalue weighted by Crippen LogP contribution is 2.28. The first-order valence-electron chi connectivity index (χ1n) is 9.36. The third kappa shape index (κ3) is 6.71. The number of rotatable bonds is 8. The zero-order chi connectivity index (χ0) is 23.9. The van der Waals surface area contributed by atoms with Crippen LogP contribution in [0.15, 0.2) is 41.5 Å². The first-order chi connectivity index (χ1) is 15.0. The van der Waals surface area contributed by atoms with Crippen molar-refractivity contribution < 1.29 is 32.2 Å². The van der Waals surface area contributed by atoms with Crippen molar-refractivity contribution in [2.24, 2.45) is 5.10 Å². The largest absolute Gasteiger partial charge is 0.513 e. The van der Waals surface area contributed by atoms with E-state index in [9.17, 15) is 18.0 Å². The minimum Gasteiger partial charge on any atom is -0.493 e. The molecule has 0 fully saturated rings. The quantitative estimate of drug-likeness (QED) is 0.276. The lowest BCUT2D eigenvalue weighted by Crippen LogP contribution is -2.39. The van der Waals surface area contributed by atoms with E-state index in [-0.39, 0.29) is 11.5 Å². The van der Waals surface area contributed by atoms with Crippen LogP contribution in [0.3, 0.4) is 0 Å². The van der Waals surface area contributed by atoms with E-state index in [1.54, 1.807) is 25.1 Å². The van der Waals surface area contributed by atoms with Crippen LogP contribution in [0, 0.1) is 13.8 Å². The van der Waals surface area contributed by atoms with E-state index in [0.717, 1.165) is 21.7 Å². The average Bonchev–Trinajstić information content (AvgIpc) is 2.72. The van der Waals surface area contributed by atoms with E-state index >= 15 is 0 Å². The average molecular weight is 464 g/mol. The van der Waals surface area contributed by atoms with Gasteiger partial charge in [0.1, 0.15) is 6.54 Å². The second-order valence-corrected chi connectivity index (χ2v) is 8.73. The number of hydrogen-bond donors (Lipinski definition) is 1. The summed E-state index contributed by atoms with van der Waals surface area (Å²) in [5.74, 6) is -0.217. The van der Waals surface area contributed by atoms with Crippen LogP contribution in [0.1, 0.15) is 16.7 Å². The number of methoxy groups -OCH3 is 2. The Bertz CT molecular complexity index is 1130. The molecule has 172 valence electrons. The molecule has 0 saturated carbocycles. The van der Waals surface area contributed by atoms with Gasteiger partial charge in [-0.2, -0.15) is 5.10 Å². The predicted octanol–water partition coefficient (Wildman–Crippen LogP) is 2.37. The fourth-order valence-electron chi connectivity index (χ4n) is 2.79. The zero-order valence-corrected chi connectivity index (χ0v) is 19.2. The summed E-state index contributed by atoms with van der Waals surface area (Å²) < 4.78 is 40.1. The highest BCUT2D eigenvalue weighted by molar-refractivity contribution is 7.92. The zero-order valence-electron chi connectivity index (χ0n) is 18.4. The summed E-state index contributed by atoms with van der Waals surface area (Å²) >= 11 is 0. The van der Waals surface area contributed by atoms with E-state index in [0.29, 0.717) is 11.3 Å². The highest BCUT2D eigenvalue weighted by atomic mass is 32.2. The molecule has 10 nitrogen and oxygen atoms in total. The Morgan fingerprint density at radius 3 is 2.41 bits per heavy atom. The molecule has 2 aromatic rings. The summed E-state index contributed by atoms with van der Waals surface area (Å²) in [6.45, 7) is 3.24. The number of hydrazone groups is 1. The SMILES string of the molecule is COC(=O)Oc1ccc(/C=N\NC(=O)CN(c2ccc(C)cc2C)S(C)(=O)=O)cc1OC. The van der Waals surface area contributed by atoms with Crippen molar-refractivity contribution in [3.05, 3.63) is 53.1 Å². The number of sulfonamides is 1. The predicted molar refractivity (Wildman–Crippen MR) is 120 cm³/mol. The minimum atomic E-state index is -3.70. The van der Waals surface area contributed by atoms with Gasteiger partial charge in [0.2, 0.25) is 10.0 Å². The molecule has 32 heavy (non-hydrogen) atoms. The molecule has 11 heteroatoms. The standard InChI is InChI=1S/C21H25N3O7S/c1-14-6-8-17(15(2)10-14)24(32(5,27)28)13-20(25)23-22-12-16-7-9-18(19(11-16)29-3)31-21(26)30-4/h6-12H,13H2,1-5H3,(H,23,25)/b22-12-. The number of hydrogen-bond acceptors (Lipinski definition) is 8. The number of aryl methyl sites for hydroxylation is 2. The van der Waals surface area contributed by atoms with Crippen LogP contribution in [0.5, 0.6) is 11.5 Å². The number of nitrogens with zero attached hydrogens (tertiary/aromatic N) is 2. The monoisotopic (exact) mass is 463 g/mol. The number of nitrogens with one attached hydrogen (secondary N) is 1. The van der Waals surface area contributed by atoms with Gasteiger partial charge in [0.15, 0.2) is 11.5 Å². The smallest absolute Gasteiger partial charge is 0.493 e. The van der Waals surface area contributed by atoms with Crippen molar-refractivity contribution >= 4 is 34.0 Å². The van der Waals surface area contributed by atoms with Crippen LogP contribution >= 0.6 is 0 Å². The molecule has 0 heterocycles. The third-order valence-corrected chi connectivity index (χ3v) is 5.39. The number of ether oxygens (including phenoxy) is 3. The molecular formula is C21H25N3O7S. The first kappa shape index (κ1) is 24.7. The molecule has 1 N–H and O–H groups in total. The summed E-state index contributed by atoms with van der Waals surface area (Å²) in [6, 6.07) is 9.86. The lowest BCUT2D eigenvalue weighted by atomic mass is 10.1. The van der Waals surface area contributed by atoms with Gasteiger partial charge < -0.3 is 14.2 Å². The molecule has 0 saturated heterocycles. The molecule has 0 unspecified atom stereocenters. The van der Waals surface area contributed by atoms with E-state index < -0.39 is 28.6 Å². The number of carbonyl (C=O) groups is 2. The summed E-state index contributed by atoms with van der Waals surface area (Å²) in [6.07, 6.45) is 1.48. The molecule has 0 spiro atoms. The van der Waals surface area contributed by atoms with Crippen molar-refractivity contribution in [2.45, 2.75) is 13.8 Å². The number of anilines is 1. The van der Waals surface area contributed by atoms with Crippen LogP contribution in [0.25, 0.3) is 0 Å². The Balaban J connectivity index is 2.11. The Morgan fingerprint density at radius 1 is 1.09 bits per heavy atom. The van der Waals surface area contributed by atoms with Crippen LogP contribution < -0.4 is 19.2 Å². The normalized spacial score (nSPS) is 11.2. The fourth-order valence-corrected chi connectivity index (χ4v) is 3.71. The van der Waals surface area contributed by atoms with Gasteiger partial charge in [0.25, 0.3) is 5.91 Å². The van der Waals surface area contributed by atoms with E-state index in [1.165, 1.54) is 32.6 Å². The highest BCUT2D eigenvalue weighted by Gasteiger charge is 2.22. The summed E-state index contributed by atoms with van der Waals surface area (Å²) in [4.78, 5) is 23.6. The van der Waals surface area contributed by atoms with Gasteiger partial charge in [-0.25, -0.2) is 18.6 Å². The Labute approximate surface area is 186 Å². The lowest BCUT2D eigenvalue weighted by Gasteiger charge is -2.23. The Morgan fingerprint density at radius 2 is 1.81 bits per heavy atom. The maximum atomic E-state index is 12.3. The number of benzene rings is 2. The molecule has 0 aliphatic rings. The maximum absolute atomic E-state index is 12.3. The van der Waals surface area contributed by atoms with Gasteiger partial charge in [-0.1, -0.05) is 17.7 Å². The third-order valence-electron chi connectivity index (χ3n) is 4.26. The van der Waals surface area contributed by atoms with Gasteiger partial charge in [-0.05, 0) is 49.2 Å². The minimum absolute atomic E-state index is 0.151. The number of amides is 1. The van der Waals surface area contributed by atoms with Crippen LogP contribution in [0.2, 0.25) is 0 Å².